The molecule has 0 aromatic rings. The third kappa shape index (κ3) is 3.62. The van der Waals surface area contributed by atoms with Crippen LogP contribution >= 0.6 is 0 Å². The van der Waals surface area contributed by atoms with Gasteiger partial charge in [0.05, 0.1) is 13.6 Å². The van der Waals surface area contributed by atoms with Crippen molar-refractivity contribution >= 4 is 12.7 Å². The van der Waals surface area contributed by atoms with Gasteiger partial charge in [-0.25, -0.2) is 0 Å². The summed E-state index contributed by atoms with van der Waals surface area (Å²) in [6.07, 6.45) is 1.10. The Morgan fingerprint density at radius 3 is 2.67 bits per heavy atom. The van der Waals surface area contributed by atoms with E-state index in [0.29, 0.717) is 0 Å². The molecular formula is C6H14N3+. The van der Waals surface area contributed by atoms with Crippen LogP contribution < -0.4 is 15.3 Å². The predicted molar refractivity (Wildman–Crippen MR) is 41.6 cm³/mol. The van der Waals surface area contributed by atoms with Crippen LogP contribution in [-0.4, -0.2) is 26.3 Å². The first-order valence-corrected chi connectivity index (χ1v) is 3.10. The summed E-state index contributed by atoms with van der Waals surface area (Å²) in [6, 6.07) is 0. The smallest absolute Gasteiger partial charge is 0.267 e. The second-order valence-electron chi connectivity index (χ2n) is 1.68. The normalized spacial score (nSPS) is 7.78. The first-order chi connectivity index (χ1) is 4.35. The Morgan fingerprint density at radius 2 is 2.33 bits per heavy atom. The Hall–Kier alpha value is -0.950. The summed E-state index contributed by atoms with van der Waals surface area (Å²) >= 11 is 0. The molecule has 0 spiro atoms. The molecule has 0 unspecified atom stereocenters. The van der Waals surface area contributed by atoms with Crippen LogP contribution in [0.1, 0.15) is 13.3 Å². The molecule has 0 amide bonds. The molecule has 0 heterocycles. The second-order valence-corrected chi connectivity index (χ2v) is 1.68. The van der Waals surface area contributed by atoms with Gasteiger partial charge in [0, 0.05) is 0 Å². The van der Waals surface area contributed by atoms with E-state index < -0.39 is 0 Å². The lowest BCUT2D eigenvalue weighted by Gasteiger charge is -1.93. The molecule has 3 nitrogen and oxygen atoms in total. The number of guanidine groups is 1. The lowest BCUT2D eigenvalue weighted by Crippen LogP contribution is -2.36. The van der Waals surface area contributed by atoms with Crippen molar-refractivity contribution in [2.75, 3.05) is 13.6 Å². The van der Waals surface area contributed by atoms with Crippen LogP contribution in [0.5, 0.6) is 0 Å². The van der Waals surface area contributed by atoms with Crippen LogP contribution in [0, 0.1) is 0 Å². The van der Waals surface area contributed by atoms with E-state index in [4.69, 9.17) is 0 Å². The maximum absolute atomic E-state index is 3.69. The molecule has 0 saturated heterocycles. The van der Waals surface area contributed by atoms with Crippen molar-refractivity contribution < 1.29 is 0 Å². The molecule has 0 aliphatic rings. The number of rotatable bonds is 2. The topological polar surface area (TPSA) is 38.2 Å². The van der Waals surface area contributed by atoms with Gasteiger partial charge in [0.15, 0.2) is 0 Å². The van der Waals surface area contributed by atoms with Crippen LogP contribution in [0.2, 0.25) is 0 Å². The van der Waals surface area contributed by atoms with Crippen LogP contribution in [0.3, 0.4) is 0 Å². The zero-order valence-corrected chi connectivity index (χ0v) is 6.07. The minimum absolute atomic E-state index is 0.747. The van der Waals surface area contributed by atoms with E-state index in [1.54, 1.807) is 0 Å². The average Bonchev–Trinajstić information content (AvgIpc) is 1.91. The quantitative estimate of drug-likeness (QED) is 0.294. The summed E-state index contributed by atoms with van der Waals surface area (Å²) in [6.45, 7) is 6.41. The molecule has 0 aromatic carbocycles. The maximum atomic E-state index is 3.69. The molecule has 0 aliphatic heterocycles. The summed E-state index contributed by atoms with van der Waals surface area (Å²) < 4.78 is 3.69. The predicted octanol–water partition coefficient (Wildman–Crippen LogP) is -0.671. The van der Waals surface area contributed by atoms with Crippen molar-refractivity contribution in [2.45, 2.75) is 13.3 Å². The number of hydrogen-bond donors (Lipinski definition) is 2. The number of hydrogen-bond acceptors (Lipinski definition) is 0. The minimum Gasteiger partial charge on any atom is -0.267 e. The SMILES string of the molecule is C=[N+]=C(NC)NCCC. The Balaban J connectivity index is 3.45. The van der Waals surface area contributed by atoms with Gasteiger partial charge in [0.2, 0.25) is 0 Å². The van der Waals surface area contributed by atoms with Crippen molar-refractivity contribution in [3.8, 4) is 0 Å². The van der Waals surface area contributed by atoms with Crippen LogP contribution in [0.4, 0.5) is 0 Å². The summed E-state index contributed by atoms with van der Waals surface area (Å²) in [4.78, 5) is 0. The van der Waals surface area contributed by atoms with Gasteiger partial charge >= 0.3 is 5.96 Å². The Labute approximate surface area is 55.9 Å². The average molecular weight is 128 g/mol. The first kappa shape index (κ1) is 8.05. The molecule has 0 aliphatic carbocycles. The molecular weight excluding hydrogens is 114 g/mol. The minimum atomic E-state index is 0.747. The maximum Gasteiger partial charge on any atom is 0.437 e. The monoisotopic (exact) mass is 128 g/mol. The Morgan fingerprint density at radius 1 is 1.67 bits per heavy atom. The van der Waals surface area contributed by atoms with Crippen LogP contribution in [0.25, 0.3) is 0 Å². The molecule has 9 heavy (non-hydrogen) atoms. The van der Waals surface area contributed by atoms with E-state index in [2.05, 4.69) is 28.9 Å². The van der Waals surface area contributed by atoms with Gasteiger partial charge in [-0.15, -0.1) is 0 Å². The van der Waals surface area contributed by atoms with E-state index in [1.165, 1.54) is 0 Å². The van der Waals surface area contributed by atoms with E-state index in [-0.39, 0.29) is 0 Å². The summed E-state index contributed by atoms with van der Waals surface area (Å²) in [5, 5.41) is 5.91. The molecule has 0 aromatic heterocycles. The van der Waals surface area contributed by atoms with Gasteiger partial charge in [-0.2, -0.15) is 0 Å². The highest BCUT2D eigenvalue weighted by atomic mass is 15.1. The van der Waals surface area contributed by atoms with Gasteiger partial charge in [0.1, 0.15) is 6.72 Å². The summed E-state index contributed by atoms with van der Waals surface area (Å²) in [5.41, 5.74) is 0. The highest BCUT2D eigenvalue weighted by Gasteiger charge is 1.98. The molecule has 0 rings (SSSR count). The van der Waals surface area contributed by atoms with Gasteiger partial charge in [-0.05, 0) is 6.42 Å². The van der Waals surface area contributed by atoms with Gasteiger partial charge in [-0.3, -0.25) is 15.3 Å². The molecule has 0 radical (unpaired) electrons. The van der Waals surface area contributed by atoms with Crippen molar-refractivity contribution in [1.82, 2.24) is 15.3 Å². The molecule has 0 atom stereocenters. The largest absolute Gasteiger partial charge is 0.437 e. The third-order valence-corrected chi connectivity index (χ3v) is 0.937. The fraction of sp³-hybridized carbons (Fsp3) is 0.667. The first-order valence-electron chi connectivity index (χ1n) is 3.10. The lowest BCUT2D eigenvalue weighted by atomic mass is 10.5. The summed E-state index contributed by atoms with van der Waals surface area (Å²) in [5.74, 6) is 0.747. The van der Waals surface area contributed by atoms with Crippen molar-refractivity contribution in [3.05, 3.63) is 0 Å². The number of nitrogens with zero attached hydrogens (tertiary/aromatic N) is 1. The Kier molecular flexibility index (Phi) is 4.64. The van der Waals surface area contributed by atoms with E-state index in [0.717, 1.165) is 18.9 Å². The molecule has 0 fully saturated rings. The van der Waals surface area contributed by atoms with Crippen LogP contribution in [-0.2, 0) is 0 Å². The fourth-order valence-electron chi connectivity index (χ4n) is 0.467. The third-order valence-electron chi connectivity index (χ3n) is 0.937. The Bertz CT molecular complexity index is 113. The lowest BCUT2D eigenvalue weighted by molar-refractivity contribution is 0.815. The number of nitrogens with one attached hydrogen (secondary N) is 2. The standard InChI is InChI=1S/C6H13N3/c1-4-5-9-6(7-2)8-3/h2,4-5H2,1,3H3,(H,8,9)/p+1. The van der Waals surface area contributed by atoms with E-state index in [1.807, 2.05) is 7.05 Å². The second kappa shape index (κ2) is 5.19. The molecule has 3 heteroatoms. The van der Waals surface area contributed by atoms with Crippen molar-refractivity contribution in [3.63, 3.8) is 0 Å². The molecule has 2 N–H and O–H groups in total. The van der Waals surface area contributed by atoms with Crippen molar-refractivity contribution in [1.29, 1.82) is 0 Å². The van der Waals surface area contributed by atoms with Gasteiger partial charge in [0.25, 0.3) is 0 Å². The highest BCUT2D eigenvalue weighted by molar-refractivity contribution is 5.79. The van der Waals surface area contributed by atoms with E-state index in [9.17, 15) is 0 Å². The zero-order chi connectivity index (χ0) is 7.11. The van der Waals surface area contributed by atoms with E-state index >= 15 is 0 Å². The zero-order valence-electron chi connectivity index (χ0n) is 6.07. The van der Waals surface area contributed by atoms with Gasteiger partial charge < -0.3 is 0 Å². The highest BCUT2D eigenvalue weighted by Crippen LogP contribution is 1.66. The van der Waals surface area contributed by atoms with Crippen molar-refractivity contribution in [2.24, 2.45) is 0 Å². The van der Waals surface area contributed by atoms with Crippen LogP contribution in [0.15, 0.2) is 0 Å². The molecule has 0 bridgehead atoms. The molecule has 52 valence electrons. The molecule has 0 saturated carbocycles. The fourth-order valence-corrected chi connectivity index (χ4v) is 0.467. The summed E-state index contributed by atoms with van der Waals surface area (Å²) in [7, 11) is 1.81. The van der Waals surface area contributed by atoms with Gasteiger partial charge in [-0.1, -0.05) is 6.92 Å².